The van der Waals surface area contributed by atoms with Crippen LogP contribution < -0.4 is 5.32 Å². The topological polar surface area (TPSA) is 92.2 Å². The van der Waals surface area contributed by atoms with Crippen molar-refractivity contribution in [3.8, 4) is 11.4 Å². The summed E-state index contributed by atoms with van der Waals surface area (Å²) in [7, 11) is 0. The van der Waals surface area contributed by atoms with E-state index in [0.29, 0.717) is 11.5 Å². The summed E-state index contributed by atoms with van der Waals surface area (Å²) in [5, 5.41) is 11.1. The molecule has 0 saturated heterocycles. The lowest BCUT2D eigenvalue weighted by Gasteiger charge is -2.05. The van der Waals surface area contributed by atoms with Gasteiger partial charge < -0.3 is 10.4 Å². The van der Waals surface area contributed by atoms with Crippen molar-refractivity contribution >= 4 is 29.3 Å². The highest BCUT2D eigenvalue weighted by Gasteiger charge is 2.06. The number of carbonyl (C=O) groups is 2. The lowest BCUT2D eigenvalue weighted by Crippen LogP contribution is -2.15. The lowest BCUT2D eigenvalue weighted by molar-refractivity contribution is -0.133. The van der Waals surface area contributed by atoms with Gasteiger partial charge in [0.15, 0.2) is 5.82 Å². The minimum absolute atomic E-state index is 0.0761. The molecule has 0 aliphatic carbocycles. The maximum absolute atomic E-state index is 11.6. The average Bonchev–Trinajstić information content (AvgIpc) is 2.48. The molecule has 1 heterocycles. The molecule has 21 heavy (non-hydrogen) atoms. The monoisotopic (exact) mass is 303 g/mol. The molecule has 1 aromatic heterocycles. The van der Waals surface area contributed by atoms with E-state index in [2.05, 4.69) is 15.3 Å². The number of rotatable bonds is 6. The zero-order valence-electron chi connectivity index (χ0n) is 11.0. The molecule has 0 aliphatic rings. The normalized spacial score (nSPS) is 10.1. The van der Waals surface area contributed by atoms with Crippen LogP contribution in [0.25, 0.3) is 11.4 Å². The van der Waals surface area contributed by atoms with Crippen LogP contribution in [0.15, 0.2) is 42.7 Å². The van der Waals surface area contributed by atoms with Crippen LogP contribution in [0.5, 0.6) is 0 Å². The quantitative estimate of drug-likeness (QED) is 0.846. The van der Waals surface area contributed by atoms with E-state index in [9.17, 15) is 9.59 Å². The van der Waals surface area contributed by atoms with Gasteiger partial charge in [0.05, 0.1) is 29.6 Å². The van der Waals surface area contributed by atoms with Crippen molar-refractivity contribution in [2.75, 3.05) is 16.8 Å². The number of benzene rings is 1. The summed E-state index contributed by atoms with van der Waals surface area (Å²) in [6.07, 6.45) is 3.05. The first kappa shape index (κ1) is 15.0. The first-order valence-corrected chi connectivity index (χ1v) is 7.27. The summed E-state index contributed by atoms with van der Waals surface area (Å²) in [4.78, 5) is 30.3. The number of carboxylic acids is 1. The molecule has 0 saturated carbocycles. The van der Waals surface area contributed by atoms with Gasteiger partial charge in [0.25, 0.3) is 0 Å². The number of aromatic nitrogens is 2. The van der Waals surface area contributed by atoms with Crippen LogP contribution in [0.3, 0.4) is 0 Å². The summed E-state index contributed by atoms with van der Waals surface area (Å²) in [5.41, 5.74) is 1.38. The fourth-order valence-corrected chi connectivity index (χ4v) is 2.09. The van der Waals surface area contributed by atoms with Crippen LogP contribution in [0.4, 0.5) is 5.69 Å². The van der Waals surface area contributed by atoms with Crippen LogP contribution in [0.1, 0.15) is 0 Å². The van der Waals surface area contributed by atoms with Crippen molar-refractivity contribution in [1.82, 2.24) is 9.97 Å². The highest BCUT2D eigenvalue weighted by Crippen LogP contribution is 2.14. The molecule has 0 radical (unpaired) electrons. The zero-order chi connectivity index (χ0) is 15.1. The van der Waals surface area contributed by atoms with Crippen LogP contribution in [-0.2, 0) is 9.59 Å². The first-order chi connectivity index (χ1) is 10.1. The number of amides is 1. The summed E-state index contributed by atoms with van der Waals surface area (Å²) in [6, 6.07) is 9.50. The summed E-state index contributed by atoms with van der Waals surface area (Å²) >= 11 is 1.04. The average molecular weight is 303 g/mol. The molecule has 1 amide bonds. The predicted molar refractivity (Wildman–Crippen MR) is 81.1 cm³/mol. The van der Waals surface area contributed by atoms with Crippen molar-refractivity contribution in [3.63, 3.8) is 0 Å². The van der Waals surface area contributed by atoms with E-state index >= 15 is 0 Å². The Bertz CT molecular complexity index is 617. The largest absolute Gasteiger partial charge is 0.481 e. The van der Waals surface area contributed by atoms with Crippen molar-refractivity contribution in [2.24, 2.45) is 0 Å². The van der Waals surface area contributed by atoms with Crippen molar-refractivity contribution in [3.05, 3.63) is 42.7 Å². The molecule has 0 aliphatic heterocycles. The second-order valence-corrected chi connectivity index (χ2v) is 5.08. The van der Waals surface area contributed by atoms with Gasteiger partial charge in [-0.25, -0.2) is 9.97 Å². The van der Waals surface area contributed by atoms with Gasteiger partial charge in [-0.3, -0.25) is 9.59 Å². The van der Waals surface area contributed by atoms with Gasteiger partial charge in [-0.1, -0.05) is 30.3 Å². The number of hydrogen-bond acceptors (Lipinski definition) is 5. The SMILES string of the molecule is O=C(O)CSCC(=O)Nc1cnc(-c2ccccc2)nc1. The van der Waals surface area contributed by atoms with Gasteiger partial charge in [0.1, 0.15) is 0 Å². The van der Waals surface area contributed by atoms with Crippen LogP contribution in [0, 0.1) is 0 Å². The Labute approximate surface area is 125 Å². The van der Waals surface area contributed by atoms with Crippen LogP contribution >= 0.6 is 11.8 Å². The standard InChI is InChI=1S/C14H13N3O3S/c18-12(8-21-9-13(19)20)17-11-6-15-14(16-7-11)10-4-2-1-3-5-10/h1-7H,8-9H2,(H,17,18)(H,19,20). The number of carbonyl (C=O) groups excluding carboxylic acids is 1. The van der Waals surface area contributed by atoms with Crippen LogP contribution in [-0.4, -0.2) is 38.5 Å². The number of anilines is 1. The van der Waals surface area contributed by atoms with Crippen molar-refractivity contribution in [2.45, 2.75) is 0 Å². The number of nitrogens with zero attached hydrogens (tertiary/aromatic N) is 2. The molecule has 0 bridgehead atoms. The summed E-state index contributed by atoms with van der Waals surface area (Å²) < 4.78 is 0. The molecule has 6 nitrogen and oxygen atoms in total. The molecule has 1 aromatic carbocycles. The highest BCUT2D eigenvalue weighted by atomic mass is 32.2. The first-order valence-electron chi connectivity index (χ1n) is 6.12. The molecular weight excluding hydrogens is 290 g/mol. The molecule has 0 spiro atoms. The molecular formula is C14H13N3O3S. The fourth-order valence-electron chi connectivity index (χ4n) is 1.56. The third kappa shape index (κ3) is 4.88. The van der Waals surface area contributed by atoms with E-state index in [1.165, 1.54) is 12.4 Å². The molecule has 0 unspecified atom stereocenters. The smallest absolute Gasteiger partial charge is 0.313 e. The second kappa shape index (κ2) is 7.39. The number of hydrogen-bond donors (Lipinski definition) is 2. The van der Waals surface area contributed by atoms with E-state index in [1.54, 1.807) is 0 Å². The Morgan fingerprint density at radius 1 is 1.10 bits per heavy atom. The Kier molecular flexibility index (Phi) is 5.28. The molecule has 7 heteroatoms. The molecule has 2 rings (SSSR count). The summed E-state index contributed by atoms with van der Waals surface area (Å²) in [6.45, 7) is 0. The molecule has 0 atom stereocenters. The van der Waals surface area contributed by atoms with Crippen molar-refractivity contribution in [1.29, 1.82) is 0 Å². The number of thioether (sulfide) groups is 1. The lowest BCUT2D eigenvalue weighted by atomic mass is 10.2. The Balaban J connectivity index is 1.91. The Morgan fingerprint density at radius 3 is 2.38 bits per heavy atom. The highest BCUT2D eigenvalue weighted by molar-refractivity contribution is 8.00. The number of nitrogens with one attached hydrogen (secondary N) is 1. The Hall–Kier alpha value is -2.41. The van der Waals surface area contributed by atoms with E-state index in [1.807, 2.05) is 30.3 Å². The van der Waals surface area contributed by atoms with E-state index in [0.717, 1.165) is 17.3 Å². The maximum atomic E-state index is 11.6. The predicted octanol–water partition coefficient (Wildman–Crippen LogP) is 1.90. The Morgan fingerprint density at radius 2 is 1.76 bits per heavy atom. The zero-order valence-corrected chi connectivity index (χ0v) is 11.8. The van der Waals surface area contributed by atoms with Crippen LogP contribution in [0.2, 0.25) is 0 Å². The number of carboxylic acid groups (broad SMARTS) is 1. The fraction of sp³-hybridized carbons (Fsp3) is 0.143. The second-order valence-electron chi connectivity index (χ2n) is 4.10. The summed E-state index contributed by atoms with van der Waals surface area (Å²) in [5.74, 6) is -0.668. The van der Waals surface area contributed by atoms with E-state index in [4.69, 9.17) is 5.11 Å². The molecule has 0 fully saturated rings. The third-order valence-corrected chi connectivity index (χ3v) is 3.34. The molecule has 2 N–H and O–H groups in total. The van der Waals surface area contributed by atoms with E-state index in [-0.39, 0.29) is 17.4 Å². The minimum Gasteiger partial charge on any atom is -0.481 e. The van der Waals surface area contributed by atoms with Gasteiger partial charge in [-0.05, 0) is 0 Å². The van der Waals surface area contributed by atoms with E-state index < -0.39 is 5.97 Å². The number of aliphatic carboxylic acids is 1. The van der Waals surface area contributed by atoms with Gasteiger partial charge in [-0.2, -0.15) is 0 Å². The molecule has 2 aromatic rings. The minimum atomic E-state index is -0.941. The third-order valence-electron chi connectivity index (χ3n) is 2.43. The van der Waals surface area contributed by atoms with Gasteiger partial charge in [-0.15, -0.1) is 11.8 Å². The van der Waals surface area contributed by atoms with Gasteiger partial charge in [0, 0.05) is 5.56 Å². The molecule has 108 valence electrons. The maximum Gasteiger partial charge on any atom is 0.313 e. The van der Waals surface area contributed by atoms with Gasteiger partial charge in [0.2, 0.25) is 5.91 Å². The van der Waals surface area contributed by atoms with Crippen molar-refractivity contribution < 1.29 is 14.7 Å². The van der Waals surface area contributed by atoms with Gasteiger partial charge >= 0.3 is 5.97 Å².